The number of carbonyl (C=O) groups is 1. The van der Waals surface area contributed by atoms with Crippen LogP contribution in [-0.2, 0) is 15.4 Å². The summed E-state index contributed by atoms with van der Waals surface area (Å²) in [6, 6.07) is 9.94. The standard InChI is InChI=1S/C26H31N5O3S/c1-15(2)22(21-13-16(3)29-33-21)25(32)31-12-6-7-20(31)24-28-26(5,34-30-24)19-10-8-18(9-11-19)23-17(4)27-14-35-23/h8-11,13-15,20,22H,6-7,12H2,1-5H3,(H,28,30)/t20-,22-,26?/m0/s1. The van der Waals surface area contributed by atoms with Gasteiger partial charge in [0.05, 0.1) is 27.8 Å². The summed E-state index contributed by atoms with van der Waals surface area (Å²) in [6.45, 7) is 10.6. The second-order valence-corrected chi connectivity index (χ2v) is 10.7. The molecular weight excluding hydrogens is 462 g/mol. The van der Waals surface area contributed by atoms with Gasteiger partial charge >= 0.3 is 0 Å². The number of hydrogen-bond acceptors (Lipinski definition) is 8. The molecule has 4 heterocycles. The fourth-order valence-corrected chi connectivity index (χ4v) is 5.77. The van der Waals surface area contributed by atoms with E-state index in [0.717, 1.165) is 40.2 Å². The summed E-state index contributed by atoms with van der Waals surface area (Å²) in [6.07, 6.45) is 1.75. The van der Waals surface area contributed by atoms with Crippen molar-refractivity contribution in [3.63, 3.8) is 0 Å². The Kier molecular flexibility index (Phi) is 6.23. The molecule has 1 saturated heterocycles. The van der Waals surface area contributed by atoms with Gasteiger partial charge in [0.2, 0.25) is 11.6 Å². The van der Waals surface area contributed by atoms with Crippen molar-refractivity contribution in [2.75, 3.05) is 6.54 Å². The van der Waals surface area contributed by atoms with Crippen molar-refractivity contribution in [1.29, 1.82) is 0 Å². The third kappa shape index (κ3) is 4.38. The number of amidine groups is 1. The number of hydroxylamine groups is 1. The highest BCUT2D eigenvalue weighted by atomic mass is 32.1. The Labute approximate surface area is 209 Å². The minimum Gasteiger partial charge on any atom is -0.360 e. The van der Waals surface area contributed by atoms with E-state index in [9.17, 15) is 4.79 Å². The zero-order chi connectivity index (χ0) is 24.7. The first-order valence-electron chi connectivity index (χ1n) is 12.1. The molecule has 2 aliphatic rings. The number of rotatable bonds is 6. The minimum atomic E-state index is -0.868. The average Bonchev–Trinajstić information content (AvgIpc) is 3.62. The van der Waals surface area contributed by atoms with E-state index in [0.29, 0.717) is 18.1 Å². The number of carbonyl (C=O) groups excluding carboxylic acids is 1. The lowest BCUT2D eigenvalue weighted by molar-refractivity contribution is -0.134. The number of amides is 1. The topological polar surface area (TPSA) is 92.9 Å². The van der Waals surface area contributed by atoms with E-state index in [1.54, 1.807) is 11.3 Å². The van der Waals surface area contributed by atoms with Gasteiger partial charge in [0, 0.05) is 18.2 Å². The molecule has 0 spiro atoms. The Morgan fingerprint density at radius 2 is 2.03 bits per heavy atom. The molecule has 9 heteroatoms. The number of hydrogen-bond donors (Lipinski definition) is 1. The van der Waals surface area contributed by atoms with Crippen LogP contribution in [0.15, 0.2) is 45.4 Å². The first-order valence-corrected chi connectivity index (χ1v) is 12.9. The SMILES string of the molecule is Cc1cc([C@@H](C(=O)N2CCC[C@H]2C2=NC(C)(c3ccc(-c4scnc4C)cc3)ON2)C(C)C)on1. The van der Waals surface area contributed by atoms with Gasteiger partial charge in [-0.1, -0.05) is 43.3 Å². The first kappa shape index (κ1) is 23.7. The number of likely N-dealkylation sites (tertiary alicyclic amines) is 1. The Morgan fingerprint density at radius 3 is 2.66 bits per heavy atom. The van der Waals surface area contributed by atoms with Gasteiger partial charge in [-0.3, -0.25) is 4.79 Å². The molecule has 5 rings (SSSR count). The molecule has 8 nitrogen and oxygen atoms in total. The van der Waals surface area contributed by atoms with Gasteiger partial charge < -0.3 is 9.42 Å². The van der Waals surface area contributed by atoms with Crippen LogP contribution >= 0.6 is 11.3 Å². The van der Waals surface area contributed by atoms with Crippen molar-refractivity contribution in [1.82, 2.24) is 20.5 Å². The number of nitrogens with zero attached hydrogens (tertiary/aromatic N) is 4. The Bertz CT molecular complexity index is 1250. The summed E-state index contributed by atoms with van der Waals surface area (Å²) >= 11 is 1.63. The normalized spacial score (nSPS) is 23.0. The number of thiazole rings is 1. The molecule has 3 atom stereocenters. The molecule has 2 aliphatic heterocycles. The van der Waals surface area contributed by atoms with Crippen LogP contribution in [0.4, 0.5) is 0 Å². The fraction of sp³-hybridized carbons (Fsp3) is 0.462. The summed E-state index contributed by atoms with van der Waals surface area (Å²) in [5, 5.41) is 4.00. The number of benzene rings is 1. The van der Waals surface area contributed by atoms with Gasteiger partial charge in [-0.15, -0.1) is 11.3 Å². The van der Waals surface area contributed by atoms with Crippen LogP contribution in [0.3, 0.4) is 0 Å². The van der Waals surface area contributed by atoms with Crippen LogP contribution in [0.1, 0.15) is 62.2 Å². The lowest BCUT2D eigenvalue weighted by atomic mass is 9.91. The second-order valence-electron chi connectivity index (χ2n) is 9.81. The maximum Gasteiger partial charge on any atom is 0.234 e. The van der Waals surface area contributed by atoms with Crippen molar-refractivity contribution >= 4 is 23.1 Å². The third-order valence-corrected chi connectivity index (χ3v) is 7.83. The van der Waals surface area contributed by atoms with E-state index in [-0.39, 0.29) is 23.8 Å². The van der Waals surface area contributed by atoms with Gasteiger partial charge in [0.15, 0.2) is 0 Å². The molecular formula is C26H31N5O3S. The molecule has 1 amide bonds. The quantitative estimate of drug-likeness (QED) is 0.522. The smallest absolute Gasteiger partial charge is 0.234 e. The van der Waals surface area contributed by atoms with Crippen molar-refractivity contribution in [3.8, 4) is 10.4 Å². The molecule has 1 N–H and O–H groups in total. The highest BCUT2D eigenvalue weighted by molar-refractivity contribution is 7.13. The predicted octanol–water partition coefficient (Wildman–Crippen LogP) is 4.95. The van der Waals surface area contributed by atoms with E-state index < -0.39 is 5.72 Å². The second kappa shape index (κ2) is 9.20. The van der Waals surface area contributed by atoms with Crippen molar-refractivity contribution in [2.24, 2.45) is 10.9 Å². The number of aryl methyl sites for hydroxylation is 2. The molecule has 35 heavy (non-hydrogen) atoms. The maximum absolute atomic E-state index is 13.7. The molecule has 3 aromatic rings. The highest BCUT2D eigenvalue weighted by Crippen LogP contribution is 2.36. The van der Waals surface area contributed by atoms with Crippen molar-refractivity contribution in [3.05, 3.63) is 58.6 Å². The minimum absolute atomic E-state index is 0.0426. The molecule has 0 saturated carbocycles. The summed E-state index contributed by atoms with van der Waals surface area (Å²) in [4.78, 5) is 32.0. The molecule has 1 aromatic carbocycles. The zero-order valence-corrected chi connectivity index (χ0v) is 21.6. The van der Waals surface area contributed by atoms with E-state index in [1.807, 2.05) is 63.2 Å². The lowest BCUT2D eigenvalue weighted by Gasteiger charge is -2.29. The number of aromatic nitrogens is 2. The molecule has 1 fully saturated rings. The Morgan fingerprint density at radius 1 is 1.26 bits per heavy atom. The monoisotopic (exact) mass is 493 g/mol. The fourth-order valence-electron chi connectivity index (χ4n) is 4.96. The largest absolute Gasteiger partial charge is 0.360 e. The predicted molar refractivity (Wildman–Crippen MR) is 135 cm³/mol. The summed E-state index contributed by atoms with van der Waals surface area (Å²) in [5.74, 6) is 1.05. The number of aliphatic imine (C=N–C) groups is 1. The first-order chi connectivity index (χ1) is 16.8. The van der Waals surface area contributed by atoms with Crippen LogP contribution < -0.4 is 5.48 Å². The number of nitrogens with one attached hydrogen (secondary N) is 1. The lowest BCUT2D eigenvalue weighted by Crippen LogP contribution is -2.46. The van der Waals surface area contributed by atoms with Crippen LogP contribution in [0.5, 0.6) is 0 Å². The zero-order valence-electron chi connectivity index (χ0n) is 20.7. The molecule has 0 radical (unpaired) electrons. The van der Waals surface area contributed by atoms with E-state index in [4.69, 9.17) is 14.4 Å². The maximum atomic E-state index is 13.7. The summed E-state index contributed by atoms with van der Waals surface area (Å²) in [5.41, 5.74) is 7.92. The average molecular weight is 494 g/mol. The van der Waals surface area contributed by atoms with Gasteiger partial charge in [-0.05, 0) is 45.1 Å². The van der Waals surface area contributed by atoms with Crippen molar-refractivity contribution < 1.29 is 14.2 Å². The van der Waals surface area contributed by atoms with E-state index >= 15 is 0 Å². The van der Waals surface area contributed by atoms with Crippen LogP contribution in [-0.4, -0.2) is 39.4 Å². The van der Waals surface area contributed by atoms with Gasteiger partial charge in [0.1, 0.15) is 17.5 Å². The molecule has 0 aliphatic carbocycles. The van der Waals surface area contributed by atoms with Crippen LogP contribution in [0, 0.1) is 19.8 Å². The Balaban J connectivity index is 1.37. The van der Waals surface area contributed by atoms with E-state index in [2.05, 4.69) is 27.8 Å². The van der Waals surface area contributed by atoms with Gasteiger partial charge in [-0.2, -0.15) is 0 Å². The highest BCUT2D eigenvalue weighted by Gasteiger charge is 2.43. The summed E-state index contributed by atoms with van der Waals surface area (Å²) in [7, 11) is 0. The summed E-state index contributed by atoms with van der Waals surface area (Å²) < 4.78 is 5.49. The van der Waals surface area contributed by atoms with Crippen LogP contribution in [0.2, 0.25) is 0 Å². The molecule has 2 aromatic heterocycles. The molecule has 0 bridgehead atoms. The third-order valence-electron chi connectivity index (χ3n) is 6.85. The molecule has 184 valence electrons. The van der Waals surface area contributed by atoms with Crippen LogP contribution in [0.25, 0.3) is 10.4 Å². The van der Waals surface area contributed by atoms with Gasteiger partial charge in [-0.25, -0.2) is 20.3 Å². The van der Waals surface area contributed by atoms with E-state index in [1.165, 1.54) is 0 Å². The Hall–Kier alpha value is -3.04. The van der Waals surface area contributed by atoms with Crippen molar-refractivity contribution in [2.45, 2.75) is 65.1 Å². The molecule has 1 unspecified atom stereocenters. The van der Waals surface area contributed by atoms with Gasteiger partial charge in [0.25, 0.3) is 0 Å².